The van der Waals surface area contributed by atoms with Gasteiger partial charge in [-0.1, -0.05) is 39.0 Å². The number of nitrogens with zero attached hydrogens (tertiary/aromatic N) is 3. The lowest BCUT2D eigenvalue weighted by Gasteiger charge is -2.34. The van der Waals surface area contributed by atoms with Crippen molar-refractivity contribution >= 4 is 22.9 Å². The van der Waals surface area contributed by atoms with E-state index >= 15 is 0 Å². The summed E-state index contributed by atoms with van der Waals surface area (Å²) in [5.74, 6) is 0.932. The zero-order valence-electron chi connectivity index (χ0n) is 21.7. The number of piperidine rings is 1. The molecule has 0 unspecified atom stereocenters. The molecule has 1 fully saturated rings. The maximum Gasteiger partial charge on any atom is 0.253 e. The van der Waals surface area contributed by atoms with Crippen LogP contribution in [-0.2, 0) is 4.79 Å². The van der Waals surface area contributed by atoms with Gasteiger partial charge in [0.2, 0.25) is 11.8 Å². The van der Waals surface area contributed by atoms with E-state index in [9.17, 15) is 9.59 Å². The molecule has 1 atom stereocenters. The number of carbonyl (C=O) groups excluding carboxylic acids is 2. The predicted molar refractivity (Wildman–Crippen MR) is 143 cm³/mol. The fourth-order valence-electron chi connectivity index (χ4n) is 4.98. The minimum absolute atomic E-state index is 0.00141. The molecule has 36 heavy (non-hydrogen) atoms. The van der Waals surface area contributed by atoms with Crippen molar-refractivity contribution < 1.29 is 14.0 Å². The van der Waals surface area contributed by atoms with Crippen molar-refractivity contribution in [2.75, 3.05) is 39.3 Å². The number of hydrogen-bond acceptors (Lipinski definition) is 5. The van der Waals surface area contributed by atoms with Crippen LogP contribution < -0.4 is 5.32 Å². The summed E-state index contributed by atoms with van der Waals surface area (Å²) in [5.41, 5.74) is 2.86. The van der Waals surface area contributed by atoms with Gasteiger partial charge in [-0.3, -0.25) is 9.59 Å². The molecule has 0 spiro atoms. The Morgan fingerprint density at radius 3 is 2.53 bits per heavy atom. The van der Waals surface area contributed by atoms with Gasteiger partial charge in [-0.25, -0.2) is 4.98 Å². The van der Waals surface area contributed by atoms with E-state index in [1.807, 2.05) is 54.3 Å². The second-order valence-corrected chi connectivity index (χ2v) is 9.66. The Bertz CT molecular complexity index is 1150. The van der Waals surface area contributed by atoms with Crippen molar-refractivity contribution in [3.05, 3.63) is 54.1 Å². The van der Waals surface area contributed by atoms with E-state index in [1.54, 1.807) is 6.07 Å². The van der Waals surface area contributed by atoms with E-state index in [1.165, 1.54) is 0 Å². The number of oxazole rings is 1. The molecule has 4 rings (SSSR count). The van der Waals surface area contributed by atoms with Gasteiger partial charge >= 0.3 is 0 Å². The molecule has 3 aromatic rings. The van der Waals surface area contributed by atoms with Crippen molar-refractivity contribution in [1.82, 2.24) is 20.1 Å². The minimum Gasteiger partial charge on any atom is -0.436 e. The fourth-order valence-corrected chi connectivity index (χ4v) is 4.98. The highest BCUT2D eigenvalue weighted by atomic mass is 16.3. The van der Waals surface area contributed by atoms with E-state index in [0.717, 1.165) is 50.0 Å². The summed E-state index contributed by atoms with van der Waals surface area (Å²) < 4.78 is 5.94. The normalized spacial score (nSPS) is 15.4. The third-order valence-corrected chi connectivity index (χ3v) is 7.45. The SMILES string of the molecule is CCN(CC)CCCNC(=O)[C@H](C)C1CCN(C(=O)c2ccc3nc(-c4ccccc4)oc3c2)CC1. The summed E-state index contributed by atoms with van der Waals surface area (Å²) in [4.78, 5) is 34.7. The largest absolute Gasteiger partial charge is 0.436 e. The van der Waals surface area contributed by atoms with Gasteiger partial charge in [-0.2, -0.15) is 0 Å². The molecule has 7 nitrogen and oxygen atoms in total. The van der Waals surface area contributed by atoms with Gasteiger partial charge < -0.3 is 19.5 Å². The number of carbonyl (C=O) groups is 2. The van der Waals surface area contributed by atoms with Gasteiger partial charge in [-0.05, 0) is 75.1 Å². The minimum atomic E-state index is -0.0438. The number of fused-ring (bicyclic) bond motifs is 1. The molecule has 192 valence electrons. The van der Waals surface area contributed by atoms with E-state index in [4.69, 9.17) is 4.42 Å². The highest BCUT2D eigenvalue weighted by Crippen LogP contribution is 2.28. The average molecular weight is 491 g/mol. The zero-order chi connectivity index (χ0) is 25.5. The Labute approximate surface area is 213 Å². The molecular formula is C29H38N4O3. The van der Waals surface area contributed by atoms with Crippen LogP contribution in [0.5, 0.6) is 0 Å². The Morgan fingerprint density at radius 1 is 1.11 bits per heavy atom. The van der Waals surface area contributed by atoms with Crippen LogP contribution in [0.3, 0.4) is 0 Å². The molecule has 2 aromatic carbocycles. The highest BCUT2D eigenvalue weighted by Gasteiger charge is 2.30. The Kier molecular flexibility index (Phi) is 8.75. The molecule has 1 aliphatic rings. The Morgan fingerprint density at radius 2 is 1.83 bits per heavy atom. The number of aromatic nitrogens is 1. The van der Waals surface area contributed by atoms with Crippen LogP contribution in [0.2, 0.25) is 0 Å². The van der Waals surface area contributed by atoms with E-state index in [-0.39, 0.29) is 17.7 Å². The molecule has 1 aliphatic heterocycles. The molecule has 0 radical (unpaired) electrons. The maximum atomic E-state index is 13.2. The first-order chi connectivity index (χ1) is 17.5. The number of amides is 2. The third kappa shape index (κ3) is 6.13. The van der Waals surface area contributed by atoms with Gasteiger partial charge in [-0.15, -0.1) is 0 Å². The maximum absolute atomic E-state index is 13.2. The van der Waals surface area contributed by atoms with Crippen molar-refractivity contribution in [2.24, 2.45) is 11.8 Å². The average Bonchev–Trinajstić information content (AvgIpc) is 3.36. The zero-order valence-corrected chi connectivity index (χ0v) is 21.7. The van der Waals surface area contributed by atoms with Gasteiger partial charge in [0.1, 0.15) is 5.52 Å². The first-order valence-electron chi connectivity index (χ1n) is 13.3. The van der Waals surface area contributed by atoms with Crippen LogP contribution in [0.25, 0.3) is 22.6 Å². The molecule has 0 bridgehead atoms. The second-order valence-electron chi connectivity index (χ2n) is 9.66. The fraction of sp³-hybridized carbons (Fsp3) is 0.483. The molecule has 1 aromatic heterocycles. The number of likely N-dealkylation sites (tertiary alicyclic amines) is 1. The van der Waals surface area contributed by atoms with Crippen molar-refractivity contribution in [3.63, 3.8) is 0 Å². The summed E-state index contributed by atoms with van der Waals surface area (Å²) in [5, 5.41) is 3.11. The van der Waals surface area contributed by atoms with Crippen molar-refractivity contribution in [2.45, 2.75) is 40.0 Å². The van der Waals surface area contributed by atoms with E-state index in [0.29, 0.717) is 42.6 Å². The monoisotopic (exact) mass is 490 g/mol. The quantitative estimate of drug-likeness (QED) is 0.412. The molecular weight excluding hydrogens is 452 g/mol. The van der Waals surface area contributed by atoms with Crippen LogP contribution in [0.1, 0.15) is 50.4 Å². The Balaban J connectivity index is 1.28. The van der Waals surface area contributed by atoms with E-state index < -0.39 is 0 Å². The van der Waals surface area contributed by atoms with Crippen LogP contribution >= 0.6 is 0 Å². The molecule has 2 amide bonds. The first kappa shape index (κ1) is 25.9. The van der Waals surface area contributed by atoms with Gasteiger partial charge in [0, 0.05) is 36.7 Å². The molecule has 1 N–H and O–H groups in total. The topological polar surface area (TPSA) is 78.7 Å². The van der Waals surface area contributed by atoms with Crippen LogP contribution in [-0.4, -0.2) is 65.9 Å². The molecule has 0 saturated carbocycles. The predicted octanol–water partition coefficient (Wildman–Crippen LogP) is 4.83. The van der Waals surface area contributed by atoms with Gasteiger partial charge in [0.15, 0.2) is 5.58 Å². The lowest BCUT2D eigenvalue weighted by Crippen LogP contribution is -2.43. The summed E-state index contributed by atoms with van der Waals surface area (Å²) in [6.45, 7) is 11.5. The summed E-state index contributed by atoms with van der Waals surface area (Å²) in [6.07, 6.45) is 2.64. The molecule has 2 heterocycles. The van der Waals surface area contributed by atoms with Gasteiger partial charge in [0.25, 0.3) is 5.91 Å². The van der Waals surface area contributed by atoms with Crippen LogP contribution in [0.4, 0.5) is 0 Å². The Hall–Kier alpha value is -3.19. The lowest BCUT2D eigenvalue weighted by atomic mass is 9.84. The smallest absolute Gasteiger partial charge is 0.253 e. The summed E-state index contributed by atoms with van der Waals surface area (Å²) in [6, 6.07) is 15.2. The van der Waals surface area contributed by atoms with Crippen molar-refractivity contribution in [1.29, 1.82) is 0 Å². The number of rotatable bonds is 10. The lowest BCUT2D eigenvalue weighted by molar-refractivity contribution is -0.126. The third-order valence-electron chi connectivity index (χ3n) is 7.45. The van der Waals surface area contributed by atoms with Gasteiger partial charge in [0.05, 0.1) is 0 Å². The van der Waals surface area contributed by atoms with Crippen LogP contribution in [0, 0.1) is 11.8 Å². The van der Waals surface area contributed by atoms with E-state index in [2.05, 4.69) is 29.0 Å². The standard InChI is InChI=1S/C29H38N4O3/c1-4-32(5-2)17-9-16-30-27(34)21(3)22-14-18-33(19-15-22)29(35)24-12-13-25-26(20-24)36-28(31-25)23-10-7-6-8-11-23/h6-8,10-13,20-22H,4-5,9,14-19H2,1-3H3,(H,30,34)/t21-/m1/s1. The summed E-state index contributed by atoms with van der Waals surface area (Å²) >= 11 is 0. The number of nitrogens with one attached hydrogen (secondary N) is 1. The molecule has 7 heteroatoms. The van der Waals surface area contributed by atoms with Crippen molar-refractivity contribution in [3.8, 4) is 11.5 Å². The number of benzene rings is 2. The van der Waals surface area contributed by atoms with Crippen LogP contribution in [0.15, 0.2) is 52.9 Å². The molecule has 0 aliphatic carbocycles. The first-order valence-corrected chi connectivity index (χ1v) is 13.3. The second kappa shape index (κ2) is 12.2. The summed E-state index contributed by atoms with van der Waals surface area (Å²) in [7, 11) is 0. The highest BCUT2D eigenvalue weighted by molar-refractivity contribution is 5.97. The number of hydrogen-bond donors (Lipinski definition) is 1. The molecule has 1 saturated heterocycles.